The fourth-order valence-electron chi connectivity index (χ4n) is 5.72. The van der Waals surface area contributed by atoms with E-state index in [4.69, 9.17) is 4.74 Å². The van der Waals surface area contributed by atoms with Crippen LogP contribution in [-0.2, 0) is 5.54 Å². The van der Waals surface area contributed by atoms with Gasteiger partial charge in [-0.1, -0.05) is 91.0 Å². The molecule has 1 aliphatic rings. The lowest BCUT2D eigenvalue weighted by Gasteiger charge is -2.43. The molecule has 45 heavy (non-hydrogen) atoms. The summed E-state index contributed by atoms with van der Waals surface area (Å²) in [7, 11) is 0. The van der Waals surface area contributed by atoms with E-state index in [1.54, 1.807) is 17.0 Å². The monoisotopic (exact) mass is 605 g/mol. The number of nitro groups is 1. The van der Waals surface area contributed by atoms with Gasteiger partial charge in [-0.25, -0.2) is 23.3 Å². The van der Waals surface area contributed by atoms with Crippen molar-refractivity contribution in [3.63, 3.8) is 0 Å². The average Bonchev–Trinajstić information content (AvgIpc) is 3.45. The Morgan fingerprint density at radius 1 is 0.711 bits per heavy atom. The summed E-state index contributed by atoms with van der Waals surface area (Å²) < 4.78 is 33.0. The van der Waals surface area contributed by atoms with Gasteiger partial charge in [0.05, 0.1) is 11.5 Å². The van der Waals surface area contributed by atoms with Gasteiger partial charge < -0.3 is 9.64 Å². The predicted molar refractivity (Wildman–Crippen MR) is 162 cm³/mol. The zero-order valence-electron chi connectivity index (χ0n) is 23.7. The Hall–Kier alpha value is -5.90. The molecule has 1 heterocycles. The Labute approximate surface area is 256 Å². The van der Waals surface area contributed by atoms with Gasteiger partial charge in [0.15, 0.2) is 11.6 Å². The summed E-state index contributed by atoms with van der Waals surface area (Å²) in [5.41, 5.74) is 1.99. The number of carbonyl (C=O) groups excluding carboxylic acids is 2. The predicted octanol–water partition coefficient (Wildman–Crippen LogP) is 7.77. The third-order valence-corrected chi connectivity index (χ3v) is 7.83. The number of benzene rings is 5. The van der Waals surface area contributed by atoms with Crippen LogP contribution in [0.4, 0.5) is 24.1 Å². The molecule has 8 nitrogen and oxygen atoms in total. The summed E-state index contributed by atoms with van der Waals surface area (Å²) in [6, 6.07) is 34.1. The molecule has 224 valence electrons. The van der Waals surface area contributed by atoms with Crippen LogP contribution in [-0.4, -0.2) is 39.9 Å². The number of rotatable bonds is 7. The zero-order chi connectivity index (χ0) is 31.6. The smallest absolute Gasteiger partial charge is 0.410 e. The summed E-state index contributed by atoms with van der Waals surface area (Å²) in [6.07, 6.45) is -0.917. The topological polar surface area (TPSA) is 93.0 Å². The van der Waals surface area contributed by atoms with Crippen LogP contribution >= 0.6 is 0 Å². The van der Waals surface area contributed by atoms with Crippen molar-refractivity contribution in [2.45, 2.75) is 5.54 Å². The molecule has 1 fully saturated rings. The van der Waals surface area contributed by atoms with Crippen LogP contribution < -0.4 is 4.74 Å². The number of carbonyl (C=O) groups is 2. The summed E-state index contributed by atoms with van der Waals surface area (Å²) in [4.78, 5) is 40.5. The van der Waals surface area contributed by atoms with Gasteiger partial charge in [-0.2, -0.15) is 0 Å². The van der Waals surface area contributed by atoms with Crippen molar-refractivity contribution in [1.82, 2.24) is 9.80 Å². The molecule has 5 aromatic carbocycles. The molecule has 1 aliphatic heterocycles. The standard InChI is InChI=1S/C35H25F2N3O5/c36-31-20-13-25(23-32(31)37)24-11-14-28(15-12-24)35(26-7-3-1-4-8-26,27-9-5-2-6-10-27)39-22-21-38(33(39)41)34(42)45-30-18-16-29(17-19-30)40(43)44/h1-20,23H,21-22H2. The largest absolute Gasteiger partial charge is 0.423 e. The molecule has 0 unspecified atom stereocenters. The van der Waals surface area contributed by atoms with Gasteiger partial charge in [-0.15, -0.1) is 0 Å². The second-order valence-corrected chi connectivity index (χ2v) is 10.4. The molecular weight excluding hydrogens is 580 g/mol. The molecular formula is C35H25F2N3O5. The lowest BCUT2D eigenvalue weighted by Crippen LogP contribution is -2.51. The fraction of sp³-hybridized carbons (Fsp3) is 0.0857. The molecule has 1 saturated heterocycles. The van der Waals surface area contributed by atoms with Crippen molar-refractivity contribution < 1.29 is 28.0 Å². The van der Waals surface area contributed by atoms with Crippen LogP contribution in [0.2, 0.25) is 0 Å². The van der Waals surface area contributed by atoms with Crippen molar-refractivity contribution in [3.8, 4) is 16.9 Å². The number of hydrogen-bond donors (Lipinski definition) is 0. The Morgan fingerprint density at radius 2 is 1.27 bits per heavy atom. The van der Waals surface area contributed by atoms with Gasteiger partial charge in [0.2, 0.25) is 0 Å². The van der Waals surface area contributed by atoms with E-state index >= 15 is 0 Å². The summed E-state index contributed by atoms with van der Waals surface area (Å²) in [5.74, 6) is -1.84. The maximum atomic E-state index is 14.2. The van der Waals surface area contributed by atoms with Gasteiger partial charge in [0.1, 0.15) is 11.3 Å². The van der Waals surface area contributed by atoms with Crippen LogP contribution in [0.3, 0.4) is 0 Å². The number of imide groups is 1. The molecule has 3 amide bonds. The van der Waals surface area contributed by atoms with Crippen LogP contribution in [0.25, 0.3) is 11.1 Å². The van der Waals surface area contributed by atoms with Crippen molar-refractivity contribution in [1.29, 1.82) is 0 Å². The number of hydrogen-bond acceptors (Lipinski definition) is 5. The first-order valence-corrected chi connectivity index (χ1v) is 14.0. The van der Waals surface area contributed by atoms with E-state index in [0.29, 0.717) is 16.7 Å². The molecule has 0 aliphatic carbocycles. The molecule has 0 bridgehead atoms. The minimum Gasteiger partial charge on any atom is -0.410 e. The zero-order valence-corrected chi connectivity index (χ0v) is 23.7. The van der Waals surface area contributed by atoms with Gasteiger partial charge in [0.25, 0.3) is 5.69 Å². The molecule has 6 rings (SSSR count). The summed E-state index contributed by atoms with van der Waals surface area (Å²) in [5, 5.41) is 11.0. The Kier molecular flexibility index (Phi) is 7.78. The van der Waals surface area contributed by atoms with E-state index in [9.17, 15) is 28.5 Å². The number of non-ortho nitro benzene ring substituents is 1. The minimum absolute atomic E-state index is 0.0268. The van der Waals surface area contributed by atoms with E-state index in [2.05, 4.69) is 0 Å². The lowest BCUT2D eigenvalue weighted by molar-refractivity contribution is -0.384. The minimum atomic E-state index is -1.20. The first-order valence-electron chi connectivity index (χ1n) is 14.0. The second-order valence-electron chi connectivity index (χ2n) is 10.4. The van der Waals surface area contributed by atoms with Gasteiger partial charge in [-0.05, 0) is 52.1 Å². The van der Waals surface area contributed by atoms with E-state index in [1.165, 1.54) is 30.3 Å². The SMILES string of the molecule is O=C(Oc1ccc([N+](=O)[O-])cc1)N1CCN(C(c2ccccc2)(c2ccccc2)c2ccc(-c3ccc(F)c(F)c3)cc2)C1=O. The van der Waals surface area contributed by atoms with Gasteiger partial charge in [-0.3, -0.25) is 10.1 Å². The maximum absolute atomic E-state index is 14.2. The summed E-state index contributed by atoms with van der Waals surface area (Å²) in [6.45, 7) is 0.182. The quantitative estimate of drug-likeness (QED) is 0.107. The van der Waals surface area contributed by atoms with E-state index < -0.39 is 34.2 Å². The number of amides is 3. The van der Waals surface area contributed by atoms with Crippen molar-refractivity contribution >= 4 is 17.8 Å². The lowest BCUT2D eigenvalue weighted by atomic mass is 9.75. The molecule has 0 spiro atoms. The number of ether oxygens (including phenoxy) is 1. The first-order chi connectivity index (χ1) is 21.8. The van der Waals surface area contributed by atoms with E-state index in [1.807, 2.05) is 72.8 Å². The fourth-order valence-corrected chi connectivity index (χ4v) is 5.72. The number of urea groups is 1. The highest BCUT2D eigenvalue weighted by molar-refractivity contribution is 5.94. The van der Waals surface area contributed by atoms with Crippen molar-refractivity contribution in [2.24, 2.45) is 0 Å². The third kappa shape index (κ3) is 5.38. The molecule has 0 saturated carbocycles. The maximum Gasteiger partial charge on any atom is 0.423 e. The Bertz CT molecular complexity index is 1830. The number of nitrogens with zero attached hydrogens (tertiary/aromatic N) is 3. The van der Waals surface area contributed by atoms with E-state index in [-0.39, 0.29) is 24.5 Å². The highest BCUT2D eigenvalue weighted by atomic mass is 19.2. The number of halogens is 2. The van der Waals surface area contributed by atoms with Gasteiger partial charge >= 0.3 is 12.1 Å². The Morgan fingerprint density at radius 3 is 1.82 bits per heavy atom. The van der Waals surface area contributed by atoms with Crippen molar-refractivity contribution in [2.75, 3.05) is 13.1 Å². The molecule has 0 N–H and O–H groups in total. The normalized spacial score (nSPS) is 13.2. The summed E-state index contributed by atoms with van der Waals surface area (Å²) >= 11 is 0. The number of nitro benzene ring substituents is 1. The highest BCUT2D eigenvalue weighted by Crippen LogP contribution is 2.44. The van der Waals surface area contributed by atoms with Crippen LogP contribution in [0.5, 0.6) is 5.75 Å². The highest BCUT2D eigenvalue weighted by Gasteiger charge is 2.50. The third-order valence-electron chi connectivity index (χ3n) is 7.83. The molecule has 0 aromatic heterocycles. The molecule has 0 atom stereocenters. The average molecular weight is 606 g/mol. The van der Waals surface area contributed by atoms with Crippen molar-refractivity contribution in [3.05, 3.63) is 166 Å². The molecule has 5 aromatic rings. The van der Waals surface area contributed by atoms with E-state index in [0.717, 1.165) is 28.2 Å². The molecule has 0 radical (unpaired) electrons. The second kappa shape index (κ2) is 12.0. The van der Waals surface area contributed by atoms with Crippen LogP contribution in [0, 0.1) is 21.7 Å². The Balaban J connectivity index is 1.42. The molecule has 10 heteroatoms. The van der Waals surface area contributed by atoms with Crippen LogP contribution in [0.1, 0.15) is 16.7 Å². The van der Waals surface area contributed by atoms with Crippen LogP contribution in [0.15, 0.2) is 127 Å². The first kappa shape index (κ1) is 29.2. The van der Waals surface area contributed by atoms with Gasteiger partial charge in [0, 0.05) is 18.7 Å².